The fourth-order valence-corrected chi connectivity index (χ4v) is 3.18. The SMILES string of the molecule is CCNCc1ccc(N(CC)C2CCCCC2)nc1C. The molecule has 0 amide bonds. The predicted molar refractivity (Wildman–Crippen MR) is 86.2 cm³/mol. The molecule has 0 unspecified atom stereocenters. The van der Waals surface area contributed by atoms with Crippen LogP contribution in [0.3, 0.4) is 0 Å². The molecule has 3 heteroatoms. The molecule has 0 saturated heterocycles. The average molecular weight is 275 g/mol. The van der Waals surface area contributed by atoms with Crippen molar-refractivity contribution in [2.75, 3.05) is 18.0 Å². The lowest BCUT2D eigenvalue weighted by Gasteiger charge is -2.34. The van der Waals surface area contributed by atoms with Gasteiger partial charge in [-0.3, -0.25) is 0 Å². The maximum Gasteiger partial charge on any atom is 0.129 e. The summed E-state index contributed by atoms with van der Waals surface area (Å²) in [5.74, 6) is 1.16. The van der Waals surface area contributed by atoms with Crippen molar-refractivity contribution >= 4 is 5.82 Å². The Morgan fingerprint density at radius 2 is 1.95 bits per heavy atom. The van der Waals surface area contributed by atoms with Crippen molar-refractivity contribution in [2.24, 2.45) is 0 Å². The van der Waals surface area contributed by atoms with Crippen LogP contribution in [0.5, 0.6) is 0 Å². The van der Waals surface area contributed by atoms with Crippen molar-refractivity contribution in [2.45, 2.75) is 65.5 Å². The molecule has 0 atom stereocenters. The van der Waals surface area contributed by atoms with Gasteiger partial charge in [0.05, 0.1) is 0 Å². The summed E-state index contributed by atoms with van der Waals surface area (Å²) in [6.45, 7) is 9.50. The molecule has 0 aliphatic heterocycles. The molecule has 112 valence electrons. The molecule has 1 N–H and O–H groups in total. The van der Waals surface area contributed by atoms with E-state index in [-0.39, 0.29) is 0 Å². The van der Waals surface area contributed by atoms with Gasteiger partial charge in [0.2, 0.25) is 0 Å². The maximum atomic E-state index is 4.86. The van der Waals surface area contributed by atoms with Gasteiger partial charge in [-0.25, -0.2) is 4.98 Å². The second kappa shape index (κ2) is 7.63. The van der Waals surface area contributed by atoms with Crippen LogP contribution >= 0.6 is 0 Å². The van der Waals surface area contributed by atoms with Gasteiger partial charge in [-0.1, -0.05) is 32.3 Å². The molecule has 0 aromatic carbocycles. The Morgan fingerprint density at radius 1 is 1.20 bits per heavy atom. The molecule has 3 nitrogen and oxygen atoms in total. The molecule has 1 aromatic heterocycles. The number of nitrogens with one attached hydrogen (secondary N) is 1. The Morgan fingerprint density at radius 3 is 2.55 bits per heavy atom. The minimum Gasteiger partial charge on any atom is -0.354 e. The molecule has 1 saturated carbocycles. The summed E-state index contributed by atoms with van der Waals surface area (Å²) in [6, 6.07) is 5.14. The highest BCUT2D eigenvalue weighted by atomic mass is 15.2. The summed E-state index contributed by atoms with van der Waals surface area (Å²) in [5.41, 5.74) is 2.48. The zero-order valence-electron chi connectivity index (χ0n) is 13.3. The fourth-order valence-electron chi connectivity index (χ4n) is 3.18. The summed E-state index contributed by atoms with van der Waals surface area (Å²) in [6.07, 6.45) is 6.81. The van der Waals surface area contributed by atoms with Crippen LogP contribution in [0.2, 0.25) is 0 Å². The van der Waals surface area contributed by atoms with E-state index in [0.717, 1.165) is 31.1 Å². The van der Waals surface area contributed by atoms with Crippen LogP contribution in [0.15, 0.2) is 12.1 Å². The standard InChI is InChI=1S/C17H29N3/c1-4-18-13-15-11-12-17(19-14(15)3)20(5-2)16-9-7-6-8-10-16/h11-12,16,18H,4-10,13H2,1-3H3. The molecule has 1 fully saturated rings. The molecule has 1 heterocycles. The van der Waals surface area contributed by atoms with Crippen LogP contribution in [0, 0.1) is 6.92 Å². The smallest absolute Gasteiger partial charge is 0.129 e. The van der Waals surface area contributed by atoms with Gasteiger partial charge in [-0.2, -0.15) is 0 Å². The van der Waals surface area contributed by atoms with Crippen molar-refractivity contribution < 1.29 is 0 Å². The minimum atomic E-state index is 0.695. The quantitative estimate of drug-likeness (QED) is 0.859. The summed E-state index contributed by atoms with van der Waals surface area (Å²) < 4.78 is 0. The number of anilines is 1. The summed E-state index contributed by atoms with van der Waals surface area (Å²) in [5, 5.41) is 3.38. The first-order valence-corrected chi connectivity index (χ1v) is 8.20. The van der Waals surface area contributed by atoms with Gasteiger partial charge >= 0.3 is 0 Å². The Labute approximate surface area is 123 Å². The van der Waals surface area contributed by atoms with Crippen LogP contribution in [0.1, 0.15) is 57.2 Å². The Hall–Kier alpha value is -1.09. The topological polar surface area (TPSA) is 28.2 Å². The monoisotopic (exact) mass is 275 g/mol. The molecule has 1 aliphatic rings. The number of rotatable bonds is 6. The van der Waals surface area contributed by atoms with E-state index < -0.39 is 0 Å². The van der Waals surface area contributed by atoms with Crippen molar-refractivity contribution in [3.8, 4) is 0 Å². The molecular weight excluding hydrogens is 246 g/mol. The van der Waals surface area contributed by atoms with Crippen LogP contribution in [-0.2, 0) is 6.54 Å². The lowest BCUT2D eigenvalue weighted by molar-refractivity contribution is 0.416. The van der Waals surface area contributed by atoms with Gasteiger partial charge in [-0.15, -0.1) is 0 Å². The van der Waals surface area contributed by atoms with E-state index >= 15 is 0 Å². The molecule has 1 aliphatic carbocycles. The van der Waals surface area contributed by atoms with Crippen LogP contribution in [-0.4, -0.2) is 24.1 Å². The van der Waals surface area contributed by atoms with E-state index in [4.69, 9.17) is 4.98 Å². The molecule has 0 bridgehead atoms. The molecule has 0 radical (unpaired) electrons. The molecular formula is C17H29N3. The van der Waals surface area contributed by atoms with Gasteiger partial charge in [0.15, 0.2) is 0 Å². The fraction of sp³-hybridized carbons (Fsp3) is 0.706. The molecule has 2 rings (SSSR count). The van der Waals surface area contributed by atoms with Gasteiger partial charge in [-0.05, 0) is 44.9 Å². The first kappa shape index (κ1) is 15.3. The van der Waals surface area contributed by atoms with Crippen LogP contribution < -0.4 is 10.2 Å². The van der Waals surface area contributed by atoms with E-state index in [1.165, 1.54) is 37.7 Å². The number of pyridine rings is 1. The van der Waals surface area contributed by atoms with Gasteiger partial charge in [0, 0.05) is 24.8 Å². The lowest BCUT2D eigenvalue weighted by Crippen LogP contribution is -2.37. The molecule has 20 heavy (non-hydrogen) atoms. The normalized spacial score (nSPS) is 16.4. The van der Waals surface area contributed by atoms with Crippen LogP contribution in [0.4, 0.5) is 5.82 Å². The number of aromatic nitrogens is 1. The highest BCUT2D eigenvalue weighted by Gasteiger charge is 2.21. The Balaban J connectivity index is 2.11. The third kappa shape index (κ3) is 3.72. The summed E-state index contributed by atoms with van der Waals surface area (Å²) in [7, 11) is 0. The van der Waals surface area contributed by atoms with Crippen molar-refractivity contribution in [1.29, 1.82) is 0 Å². The number of aryl methyl sites for hydroxylation is 1. The first-order chi connectivity index (χ1) is 9.76. The molecule has 1 aromatic rings. The molecule has 0 spiro atoms. The number of hydrogen-bond acceptors (Lipinski definition) is 3. The van der Waals surface area contributed by atoms with Gasteiger partial charge in [0.1, 0.15) is 5.82 Å². The van der Waals surface area contributed by atoms with Crippen molar-refractivity contribution in [1.82, 2.24) is 10.3 Å². The summed E-state index contributed by atoms with van der Waals surface area (Å²) >= 11 is 0. The summed E-state index contributed by atoms with van der Waals surface area (Å²) in [4.78, 5) is 7.36. The van der Waals surface area contributed by atoms with E-state index in [9.17, 15) is 0 Å². The predicted octanol–water partition coefficient (Wildman–Crippen LogP) is 3.66. The third-order valence-corrected chi connectivity index (χ3v) is 4.40. The second-order valence-corrected chi connectivity index (χ2v) is 5.77. The first-order valence-electron chi connectivity index (χ1n) is 8.20. The van der Waals surface area contributed by atoms with Crippen molar-refractivity contribution in [3.63, 3.8) is 0 Å². The van der Waals surface area contributed by atoms with E-state index in [0.29, 0.717) is 6.04 Å². The maximum absolute atomic E-state index is 4.86. The number of nitrogens with zero attached hydrogens (tertiary/aromatic N) is 2. The highest BCUT2D eigenvalue weighted by molar-refractivity contribution is 5.42. The minimum absolute atomic E-state index is 0.695. The Bertz CT molecular complexity index is 411. The van der Waals surface area contributed by atoms with E-state index in [1.807, 2.05) is 0 Å². The average Bonchev–Trinajstić information content (AvgIpc) is 2.48. The highest BCUT2D eigenvalue weighted by Crippen LogP contribution is 2.26. The van der Waals surface area contributed by atoms with Gasteiger partial charge < -0.3 is 10.2 Å². The van der Waals surface area contributed by atoms with Crippen LogP contribution in [0.25, 0.3) is 0 Å². The number of hydrogen-bond donors (Lipinski definition) is 1. The van der Waals surface area contributed by atoms with Gasteiger partial charge in [0.25, 0.3) is 0 Å². The van der Waals surface area contributed by atoms with E-state index in [1.54, 1.807) is 0 Å². The van der Waals surface area contributed by atoms with E-state index in [2.05, 4.69) is 43.1 Å². The largest absolute Gasteiger partial charge is 0.354 e. The zero-order valence-corrected chi connectivity index (χ0v) is 13.3. The second-order valence-electron chi connectivity index (χ2n) is 5.77. The third-order valence-electron chi connectivity index (χ3n) is 4.40. The van der Waals surface area contributed by atoms with Crippen molar-refractivity contribution in [3.05, 3.63) is 23.4 Å². The Kier molecular flexibility index (Phi) is 5.84. The zero-order chi connectivity index (χ0) is 14.4. The lowest BCUT2D eigenvalue weighted by atomic mass is 9.94.